The predicted octanol–water partition coefficient (Wildman–Crippen LogP) is 3.70. The fraction of sp³-hybridized carbons (Fsp3) is 0.273. The third kappa shape index (κ3) is 3.71. The highest BCUT2D eigenvalue weighted by atomic mass is 16.5. The van der Waals surface area contributed by atoms with Gasteiger partial charge in [-0.25, -0.2) is 0 Å². The molecule has 6 heteroatoms. The molecule has 1 N–H and O–H groups in total. The monoisotopic (exact) mass is 380 g/mol. The van der Waals surface area contributed by atoms with Crippen LogP contribution in [0.1, 0.15) is 25.8 Å². The van der Waals surface area contributed by atoms with Crippen LogP contribution in [0.25, 0.3) is 5.57 Å². The van der Waals surface area contributed by atoms with Gasteiger partial charge < -0.3 is 14.8 Å². The summed E-state index contributed by atoms with van der Waals surface area (Å²) in [6, 6.07) is 14.5. The number of nitrogens with zero attached hydrogens (tertiary/aromatic N) is 1. The Kier molecular flexibility index (Phi) is 5.99. The number of carbonyl (C=O) groups excluding carboxylic acids is 2. The second-order valence-electron chi connectivity index (χ2n) is 6.30. The molecule has 0 aromatic heterocycles. The summed E-state index contributed by atoms with van der Waals surface area (Å²) in [5.74, 6) is 0.572. The molecule has 28 heavy (non-hydrogen) atoms. The first-order valence-corrected chi connectivity index (χ1v) is 9.34. The van der Waals surface area contributed by atoms with E-state index < -0.39 is 0 Å². The molecule has 2 aromatic rings. The highest BCUT2D eigenvalue weighted by molar-refractivity contribution is 6.37. The van der Waals surface area contributed by atoms with Gasteiger partial charge in [0, 0.05) is 23.9 Å². The number of amides is 2. The summed E-state index contributed by atoms with van der Waals surface area (Å²) in [4.78, 5) is 27.4. The van der Waals surface area contributed by atoms with Crippen molar-refractivity contribution in [1.82, 2.24) is 4.90 Å². The fourth-order valence-corrected chi connectivity index (χ4v) is 3.19. The first-order chi connectivity index (χ1) is 13.6. The molecular formula is C22H24N2O4. The van der Waals surface area contributed by atoms with E-state index in [2.05, 4.69) is 5.32 Å². The van der Waals surface area contributed by atoms with Crippen molar-refractivity contribution in [2.75, 3.05) is 25.6 Å². The summed E-state index contributed by atoms with van der Waals surface area (Å²) in [6.45, 7) is 4.74. The van der Waals surface area contributed by atoms with Gasteiger partial charge in [-0.1, -0.05) is 31.2 Å². The number of benzene rings is 2. The molecule has 3 rings (SSSR count). The number of imide groups is 1. The van der Waals surface area contributed by atoms with E-state index in [1.165, 1.54) is 4.90 Å². The standard InChI is InChI=1S/C22H24N2O4/c1-4-13-24-21(25)19(17-11-6-7-12-18(17)27-3)20(22(24)26)23-15-9-8-10-16(14-15)28-5-2/h6-12,14,23H,4-5,13H2,1-3H3. The largest absolute Gasteiger partial charge is 0.496 e. The minimum absolute atomic E-state index is 0.247. The lowest BCUT2D eigenvalue weighted by Crippen LogP contribution is -2.33. The minimum Gasteiger partial charge on any atom is -0.496 e. The van der Waals surface area contributed by atoms with Crippen molar-refractivity contribution in [3.05, 3.63) is 59.8 Å². The molecule has 0 fully saturated rings. The topological polar surface area (TPSA) is 67.9 Å². The number of methoxy groups -OCH3 is 1. The Morgan fingerprint density at radius 1 is 1.00 bits per heavy atom. The van der Waals surface area contributed by atoms with Crippen molar-refractivity contribution in [3.8, 4) is 11.5 Å². The number of nitrogens with one attached hydrogen (secondary N) is 1. The van der Waals surface area contributed by atoms with Gasteiger partial charge in [0.2, 0.25) is 0 Å². The lowest BCUT2D eigenvalue weighted by Gasteiger charge is -2.14. The summed E-state index contributed by atoms with van der Waals surface area (Å²) >= 11 is 0. The number of anilines is 1. The van der Waals surface area contributed by atoms with Gasteiger partial charge >= 0.3 is 0 Å². The zero-order chi connectivity index (χ0) is 20.1. The van der Waals surface area contributed by atoms with Gasteiger partial charge in [0.15, 0.2) is 0 Å². The van der Waals surface area contributed by atoms with Gasteiger partial charge in [-0.3, -0.25) is 14.5 Å². The maximum Gasteiger partial charge on any atom is 0.278 e. The van der Waals surface area contributed by atoms with Gasteiger partial charge in [0.25, 0.3) is 11.8 Å². The molecule has 0 aliphatic carbocycles. The van der Waals surface area contributed by atoms with Crippen molar-refractivity contribution in [3.63, 3.8) is 0 Å². The summed E-state index contributed by atoms with van der Waals surface area (Å²) in [7, 11) is 1.54. The van der Waals surface area contributed by atoms with Crippen LogP contribution in [-0.4, -0.2) is 37.0 Å². The van der Waals surface area contributed by atoms with Crippen LogP contribution in [0.2, 0.25) is 0 Å². The van der Waals surface area contributed by atoms with E-state index in [-0.39, 0.29) is 17.5 Å². The lowest BCUT2D eigenvalue weighted by atomic mass is 10.0. The van der Waals surface area contributed by atoms with Crippen molar-refractivity contribution < 1.29 is 19.1 Å². The Labute approximate surface area is 164 Å². The highest BCUT2D eigenvalue weighted by Crippen LogP contribution is 2.35. The summed E-state index contributed by atoms with van der Waals surface area (Å²) in [6.07, 6.45) is 0.684. The normalized spacial score (nSPS) is 13.9. The number of rotatable bonds is 8. The summed E-state index contributed by atoms with van der Waals surface area (Å²) < 4.78 is 11.0. The lowest BCUT2D eigenvalue weighted by molar-refractivity contribution is -0.136. The van der Waals surface area contributed by atoms with Gasteiger partial charge in [-0.2, -0.15) is 0 Å². The van der Waals surface area contributed by atoms with E-state index in [0.29, 0.717) is 47.9 Å². The number of carbonyl (C=O) groups is 2. The molecule has 1 heterocycles. The molecular weight excluding hydrogens is 356 g/mol. The van der Waals surface area contributed by atoms with Crippen LogP contribution in [-0.2, 0) is 9.59 Å². The third-order valence-electron chi connectivity index (χ3n) is 4.41. The molecule has 0 radical (unpaired) electrons. The maximum atomic E-state index is 13.1. The van der Waals surface area contributed by atoms with E-state index in [9.17, 15) is 9.59 Å². The van der Waals surface area contributed by atoms with E-state index >= 15 is 0 Å². The first kappa shape index (κ1) is 19.5. The summed E-state index contributed by atoms with van der Waals surface area (Å²) in [5, 5.41) is 3.14. The van der Waals surface area contributed by atoms with Crippen LogP contribution < -0.4 is 14.8 Å². The Morgan fingerprint density at radius 2 is 1.79 bits per heavy atom. The van der Waals surface area contributed by atoms with Crippen molar-refractivity contribution >= 4 is 23.1 Å². The number of hydrogen-bond acceptors (Lipinski definition) is 5. The molecule has 1 aliphatic rings. The van der Waals surface area contributed by atoms with Gasteiger partial charge in [0.05, 0.1) is 19.3 Å². The molecule has 2 amide bonds. The molecule has 6 nitrogen and oxygen atoms in total. The van der Waals surface area contributed by atoms with Crippen LogP contribution in [0.15, 0.2) is 54.2 Å². The molecule has 0 bridgehead atoms. The Morgan fingerprint density at radius 3 is 2.50 bits per heavy atom. The molecule has 0 atom stereocenters. The Balaban J connectivity index is 2.08. The second kappa shape index (κ2) is 8.61. The maximum absolute atomic E-state index is 13.1. The van der Waals surface area contributed by atoms with E-state index in [4.69, 9.17) is 9.47 Å². The smallest absolute Gasteiger partial charge is 0.278 e. The average Bonchev–Trinajstić information content (AvgIpc) is 2.93. The molecule has 0 saturated heterocycles. The summed E-state index contributed by atoms with van der Waals surface area (Å²) in [5.41, 5.74) is 1.83. The van der Waals surface area contributed by atoms with Gasteiger partial charge in [-0.15, -0.1) is 0 Å². The van der Waals surface area contributed by atoms with Crippen LogP contribution in [0, 0.1) is 0 Å². The van der Waals surface area contributed by atoms with E-state index in [1.807, 2.05) is 44.2 Å². The zero-order valence-electron chi connectivity index (χ0n) is 16.3. The molecule has 2 aromatic carbocycles. The fourth-order valence-electron chi connectivity index (χ4n) is 3.19. The van der Waals surface area contributed by atoms with Crippen molar-refractivity contribution in [2.45, 2.75) is 20.3 Å². The number of ether oxygens (including phenoxy) is 2. The molecule has 0 unspecified atom stereocenters. The second-order valence-corrected chi connectivity index (χ2v) is 6.30. The zero-order valence-corrected chi connectivity index (χ0v) is 16.3. The average molecular weight is 380 g/mol. The van der Waals surface area contributed by atoms with E-state index in [0.717, 1.165) is 0 Å². The van der Waals surface area contributed by atoms with E-state index in [1.54, 1.807) is 25.3 Å². The van der Waals surface area contributed by atoms with Crippen LogP contribution in [0.4, 0.5) is 5.69 Å². The number of hydrogen-bond donors (Lipinski definition) is 1. The highest BCUT2D eigenvalue weighted by Gasteiger charge is 2.39. The van der Waals surface area contributed by atoms with Gasteiger partial charge in [-0.05, 0) is 31.5 Å². The Bertz CT molecular complexity index is 920. The van der Waals surface area contributed by atoms with Gasteiger partial charge in [0.1, 0.15) is 17.2 Å². The molecule has 0 spiro atoms. The minimum atomic E-state index is -0.338. The number of para-hydroxylation sites is 1. The van der Waals surface area contributed by atoms with Crippen molar-refractivity contribution in [1.29, 1.82) is 0 Å². The molecule has 0 saturated carbocycles. The van der Waals surface area contributed by atoms with Crippen molar-refractivity contribution in [2.24, 2.45) is 0 Å². The molecule has 1 aliphatic heterocycles. The SMILES string of the molecule is CCCN1C(=O)C(Nc2cccc(OCC)c2)=C(c2ccccc2OC)C1=O. The third-order valence-corrected chi connectivity index (χ3v) is 4.41. The van der Waals surface area contributed by atoms with Crippen LogP contribution >= 0.6 is 0 Å². The quantitative estimate of drug-likeness (QED) is 0.708. The molecule has 146 valence electrons. The van der Waals surface area contributed by atoms with Crippen LogP contribution in [0.3, 0.4) is 0 Å². The predicted molar refractivity (Wildman–Crippen MR) is 108 cm³/mol. The Hall–Kier alpha value is -3.28. The first-order valence-electron chi connectivity index (χ1n) is 9.34. The van der Waals surface area contributed by atoms with Crippen LogP contribution in [0.5, 0.6) is 11.5 Å².